The highest BCUT2D eigenvalue weighted by molar-refractivity contribution is 6.18. The molecule has 1 spiro atoms. The Morgan fingerprint density at radius 2 is 2.03 bits per heavy atom. The standard InChI is InChI=1S/C29H38N6O3/c1-28(2,38)16-34-12-6-18(7-13-34)19-4-5-20-22(14-19)33-24-21(25(30)36)15-32-26(23(20)24)35-11-3-8-29(17-35)9-10-31-27(29)37/h4-5,14-15,18,33,38H,3,6-13,16-17H2,1-2H3,(H2,30,36)(H,31,37). The van der Waals surface area contributed by atoms with Gasteiger partial charge in [0.05, 0.1) is 27.5 Å². The summed E-state index contributed by atoms with van der Waals surface area (Å²) in [5.41, 5.74) is 8.05. The van der Waals surface area contributed by atoms with Gasteiger partial charge in [-0.1, -0.05) is 12.1 Å². The van der Waals surface area contributed by atoms with Gasteiger partial charge in [-0.05, 0) is 76.6 Å². The Kier molecular flexibility index (Phi) is 6.11. The molecular weight excluding hydrogens is 480 g/mol. The maximum Gasteiger partial charge on any atom is 0.252 e. The van der Waals surface area contributed by atoms with Crippen molar-refractivity contribution in [2.45, 2.75) is 57.5 Å². The molecule has 202 valence electrons. The Labute approximate surface area is 222 Å². The molecule has 38 heavy (non-hydrogen) atoms. The van der Waals surface area contributed by atoms with Crippen molar-refractivity contribution in [2.24, 2.45) is 11.1 Å². The molecule has 3 fully saturated rings. The average molecular weight is 519 g/mol. The van der Waals surface area contributed by atoms with E-state index in [1.807, 2.05) is 13.8 Å². The van der Waals surface area contributed by atoms with Gasteiger partial charge in [-0.15, -0.1) is 0 Å². The molecule has 3 saturated heterocycles. The Morgan fingerprint density at radius 3 is 2.71 bits per heavy atom. The van der Waals surface area contributed by atoms with Crippen LogP contribution in [0.25, 0.3) is 21.8 Å². The van der Waals surface area contributed by atoms with E-state index in [1.165, 1.54) is 5.56 Å². The number of piperidine rings is 2. The zero-order valence-electron chi connectivity index (χ0n) is 22.3. The van der Waals surface area contributed by atoms with Crippen LogP contribution in [0.4, 0.5) is 5.82 Å². The van der Waals surface area contributed by atoms with E-state index < -0.39 is 11.5 Å². The van der Waals surface area contributed by atoms with Gasteiger partial charge in [0, 0.05) is 43.3 Å². The molecule has 0 saturated carbocycles. The maximum atomic E-state index is 12.7. The second-order valence-electron chi connectivity index (χ2n) is 12.2. The summed E-state index contributed by atoms with van der Waals surface area (Å²) in [4.78, 5) is 37.9. The molecule has 2 aromatic heterocycles. The number of pyridine rings is 1. The number of aromatic nitrogens is 2. The van der Waals surface area contributed by atoms with E-state index in [4.69, 9.17) is 10.7 Å². The number of nitrogens with two attached hydrogens (primary N) is 1. The monoisotopic (exact) mass is 518 g/mol. The van der Waals surface area contributed by atoms with Crippen molar-refractivity contribution in [3.8, 4) is 0 Å². The fourth-order valence-electron chi connectivity index (χ4n) is 6.97. The Hall–Kier alpha value is -3.17. The topological polar surface area (TPSA) is 128 Å². The number of likely N-dealkylation sites (tertiary alicyclic amines) is 1. The molecule has 0 aliphatic carbocycles. The van der Waals surface area contributed by atoms with Crippen LogP contribution in [0, 0.1) is 5.41 Å². The first-order chi connectivity index (χ1) is 18.1. The van der Waals surface area contributed by atoms with Gasteiger partial charge >= 0.3 is 0 Å². The van der Waals surface area contributed by atoms with Gasteiger partial charge in [-0.25, -0.2) is 4.98 Å². The summed E-state index contributed by atoms with van der Waals surface area (Å²) >= 11 is 0. The molecular formula is C29H38N6O3. The lowest BCUT2D eigenvalue weighted by Crippen LogP contribution is -2.47. The number of hydrogen-bond donors (Lipinski definition) is 4. The third-order valence-corrected chi connectivity index (χ3v) is 8.81. The lowest BCUT2D eigenvalue weighted by Gasteiger charge is -2.39. The quantitative estimate of drug-likeness (QED) is 0.411. The first-order valence-electron chi connectivity index (χ1n) is 13.9. The summed E-state index contributed by atoms with van der Waals surface area (Å²) < 4.78 is 0. The zero-order chi connectivity index (χ0) is 26.7. The first kappa shape index (κ1) is 25.1. The molecule has 6 rings (SSSR count). The largest absolute Gasteiger partial charge is 0.389 e. The third-order valence-electron chi connectivity index (χ3n) is 8.81. The molecule has 3 aromatic rings. The fourth-order valence-corrected chi connectivity index (χ4v) is 6.97. The summed E-state index contributed by atoms with van der Waals surface area (Å²) in [6, 6.07) is 6.56. The van der Waals surface area contributed by atoms with Crippen molar-refractivity contribution < 1.29 is 14.7 Å². The molecule has 2 amide bonds. The van der Waals surface area contributed by atoms with Crippen molar-refractivity contribution in [2.75, 3.05) is 44.2 Å². The second kappa shape index (κ2) is 9.24. The number of H-pyrrole nitrogens is 1. The molecule has 5 N–H and O–H groups in total. The number of primary amides is 1. The van der Waals surface area contributed by atoms with Crippen LogP contribution in [0.5, 0.6) is 0 Å². The molecule has 9 heteroatoms. The number of aliphatic hydroxyl groups is 1. The summed E-state index contributed by atoms with van der Waals surface area (Å²) in [6.07, 6.45) is 6.32. The van der Waals surface area contributed by atoms with Crippen molar-refractivity contribution in [1.82, 2.24) is 20.2 Å². The predicted octanol–water partition coefficient (Wildman–Crippen LogP) is 2.87. The van der Waals surface area contributed by atoms with Gasteiger partial charge in [-0.2, -0.15) is 0 Å². The number of nitrogens with one attached hydrogen (secondary N) is 2. The maximum absolute atomic E-state index is 12.7. The van der Waals surface area contributed by atoms with E-state index in [0.29, 0.717) is 30.1 Å². The van der Waals surface area contributed by atoms with Crippen LogP contribution in [0.2, 0.25) is 0 Å². The van der Waals surface area contributed by atoms with Crippen LogP contribution >= 0.6 is 0 Å². The number of amides is 2. The molecule has 5 heterocycles. The van der Waals surface area contributed by atoms with Crippen LogP contribution in [0.3, 0.4) is 0 Å². The third kappa shape index (κ3) is 4.41. The van der Waals surface area contributed by atoms with Crippen molar-refractivity contribution >= 4 is 39.4 Å². The van der Waals surface area contributed by atoms with Crippen LogP contribution < -0.4 is 16.0 Å². The fraction of sp³-hybridized carbons (Fsp3) is 0.552. The molecule has 3 aliphatic rings. The Bertz CT molecular complexity index is 1400. The lowest BCUT2D eigenvalue weighted by molar-refractivity contribution is -0.128. The first-order valence-corrected chi connectivity index (χ1v) is 13.9. The number of hydrogen-bond acceptors (Lipinski definition) is 6. The van der Waals surface area contributed by atoms with Crippen molar-refractivity contribution in [1.29, 1.82) is 0 Å². The minimum absolute atomic E-state index is 0.143. The SMILES string of the molecule is CC(C)(O)CN1CCC(c2ccc3c(c2)[nH]c2c(C(N)=O)cnc(N4CCCC5(CCNC5=O)C4)c23)CC1. The van der Waals surface area contributed by atoms with E-state index in [2.05, 4.69) is 38.3 Å². The van der Waals surface area contributed by atoms with E-state index >= 15 is 0 Å². The number of β-amino-alcohol motifs (C(OH)–C–C–N with tert-alkyl or cyclic N) is 1. The molecule has 1 unspecified atom stereocenters. The van der Waals surface area contributed by atoms with Crippen molar-refractivity contribution in [3.05, 3.63) is 35.5 Å². The number of carbonyl (C=O) groups is 2. The highest BCUT2D eigenvalue weighted by atomic mass is 16.3. The van der Waals surface area contributed by atoms with Gasteiger partial charge in [0.15, 0.2) is 0 Å². The molecule has 3 aliphatic heterocycles. The Balaban J connectivity index is 1.35. The normalized spacial score (nSPS) is 23.6. The van der Waals surface area contributed by atoms with Crippen LogP contribution in [0.1, 0.15) is 67.8 Å². The summed E-state index contributed by atoms with van der Waals surface area (Å²) in [5, 5.41) is 15.1. The molecule has 1 aromatic carbocycles. The molecule has 0 radical (unpaired) electrons. The highest BCUT2D eigenvalue weighted by Crippen LogP contribution is 2.42. The van der Waals surface area contributed by atoms with Gasteiger partial charge in [-0.3, -0.25) is 9.59 Å². The zero-order valence-corrected chi connectivity index (χ0v) is 22.3. The van der Waals surface area contributed by atoms with E-state index in [0.717, 1.165) is 80.4 Å². The molecule has 1 atom stereocenters. The van der Waals surface area contributed by atoms with Gasteiger partial charge in [0.2, 0.25) is 5.91 Å². The number of aromatic amines is 1. The molecule has 9 nitrogen and oxygen atoms in total. The van der Waals surface area contributed by atoms with Crippen molar-refractivity contribution in [3.63, 3.8) is 0 Å². The minimum Gasteiger partial charge on any atom is -0.389 e. The summed E-state index contributed by atoms with van der Waals surface area (Å²) in [5.74, 6) is 0.886. The van der Waals surface area contributed by atoms with Crippen LogP contribution in [0.15, 0.2) is 24.4 Å². The number of anilines is 1. The second-order valence-corrected chi connectivity index (χ2v) is 12.2. The van der Waals surface area contributed by atoms with E-state index in [1.54, 1.807) is 6.20 Å². The summed E-state index contributed by atoms with van der Waals surface area (Å²) in [7, 11) is 0. The van der Waals surface area contributed by atoms with Crippen LogP contribution in [-0.2, 0) is 4.79 Å². The molecule has 0 bridgehead atoms. The lowest BCUT2D eigenvalue weighted by atomic mass is 9.78. The van der Waals surface area contributed by atoms with E-state index in [-0.39, 0.29) is 11.3 Å². The van der Waals surface area contributed by atoms with Gasteiger partial charge < -0.3 is 30.9 Å². The smallest absolute Gasteiger partial charge is 0.252 e. The highest BCUT2D eigenvalue weighted by Gasteiger charge is 2.45. The number of nitrogens with zero attached hydrogens (tertiary/aromatic N) is 3. The average Bonchev–Trinajstić information content (AvgIpc) is 3.42. The van der Waals surface area contributed by atoms with Crippen LogP contribution in [-0.4, -0.2) is 76.7 Å². The number of benzene rings is 1. The van der Waals surface area contributed by atoms with E-state index in [9.17, 15) is 14.7 Å². The number of rotatable bonds is 5. The summed E-state index contributed by atoms with van der Waals surface area (Å²) in [6.45, 7) is 8.50. The number of fused-ring (bicyclic) bond motifs is 3. The Morgan fingerprint density at radius 1 is 1.24 bits per heavy atom. The minimum atomic E-state index is -0.685. The number of carbonyl (C=O) groups excluding carboxylic acids is 2. The van der Waals surface area contributed by atoms with Gasteiger partial charge in [0.25, 0.3) is 5.91 Å². The van der Waals surface area contributed by atoms with Gasteiger partial charge in [0.1, 0.15) is 5.82 Å². The predicted molar refractivity (Wildman–Crippen MR) is 148 cm³/mol.